The number of carbonyl (C=O) groups is 2. The molecule has 0 heterocycles. The molecule has 0 aromatic rings. The van der Waals surface area contributed by atoms with Gasteiger partial charge < -0.3 is 24.1 Å². The number of nitrogens with two attached hydrogens (primary N) is 1. The van der Waals surface area contributed by atoms with Crippen LogP contribution in [0.4, 0.5) is 0 Å². The highest BCUT2D eigenvalue weighted by Crippen LogP contribution is 2.39. The first kappa shape index (κ1) is 56.7. The molecule has 0 bridgehead atoms. The van der Waals surface area contributed by atoms with Crippen LogP contribution in [0.15, 0.2) is 24.3 Å². The Morgan fingerprint density at radius 3 is 1.36 bits per heavy atom. The Hall–Kier alpha value is -1.31. The Morgan fingerprint density at radius 1 is 0.569 bits per heavy atom. The van der Waals surface area contributed by atoms with Crippen molar-refractivity contribution in [1.82, 2.24) is 4.90 Å². The topological polar surface area (TPSA) is 100 Å². The van der Waals surface area contributed by atoms with Gasteiger partial charge in [0.15, 0.2) is 16.6 Å². The van der Waals surface area contributed by atoms with Crippen LogP contribution in [0.5, 0.6) is 0 Å². The first-order chi connectivity index (χ1) is 27.3. The van der Waals surface area contributed by atoms with Gasteiger partial charge in [0.1, 0.15) is 13.2 Å². The lowest BCUT2D eigenvalue weighted by molar-refractivity contribution is -0.143. The van der Waals surface area contributed by atoms with Crippen molar-refractivity contribution in [3.05, 3.63) is 24.3 Å². The van der Waals surface area contributed by atoms with Crippen molar-refractivity contribution in [3.8, 4) is 0 Å². The fourth-order valence-corrected chi connectivity index (χ4v) is 9.10. The van der Waals surface area contributed by atoms with Gasteiger partial charge in [0.05, 0.1) is 12.2 Å². The van der Waals surface area contributed by atoms with Crippen molar-refractivity contribution in [2.75, 3.05) is 39.4 Å². The highest BCUT2D eigenvalue weighted by Gasteiger charge is 2.41. The number of rotatable bonds is 36. The van der Waals surface area contributed by atoms with E-state index >= 15 is 0 Å². The van der Waals surface area contributed by atoms with Crippen LogP contribution in [0.25, 0.3) is 0 Å². The Labute approximate surface area is 361 Å². The minimum absolute atomic E-state index is 0.0961. The number of nitrogens with zero attached hydrogens (tertiary/aromatic N) is 1. The van der Waals surface area contributed by atoms with E-state index in [9.17, 15) is 9.59 Å². The predicted octanol–water partition coefficient (Wildman–Crippen LogP) is 13.1. The summed E-state index contributed by atoms with van der Waals surface area (Å²) in [5.41, 5.74) is 6.10. The molecule has 0 fully saturated rings. The summed E-state index contributed by atoms with van der Waals surface area (Å²) in [6.07, 6.45) is 28.6. The quantitative estimate of drug-likeness (QED) is 0.0288. The largest absolute Gasteiger partial charge is 0.461 e. The summed E-state index contributed by atoms with van der Waals surface area (Å²) in [5, 5.41) is 0.207. The monoisotopic (exact) mass is 853 g/mol. The maximum atomic E-state index is 12.4. The zero-order valence-electron chi connectivity index (χ0n) is 40.3. The molecule has 2 N–H and O–H groups in total. The smallest absolute Gasteiger partial charge is 0.306 e. The Kier molecular flexibility index (Phi) is 31.7. The third kappa shape index (κ3) is 29.0. The molecule has 0 aliphatic carbocycles. The minimum atomic E-state index is -2.04. The van der Waals surface area contributed by atoms with Crippen molar-refractivity contribution in [1.29, 1.82) is 0 Å². The lowest BCUT2D eigenvalue weighted by Crippen LogP contribution is -2.50. The van der Waals surface area contributed by atoms with Gasteiger partial charge in [0.2, 0.25) is 0 Å². The van der Waals surface area contributed by atoms with Gasteiger partial charge >= 0.3 is 11.9 Å². The number of hydrogen-bond donors (Lipinski definition) is 1. The fourth-order valence-electron chi connectivity index (χ4n) is 6.35. The van der Waals surface area contributed by atoms with Crippen LogP contribution in [0, 0.1) is 0 Å². The van der Waals surface area contributed by atoms with E-state index in [1.807, 2.05) is 12.2 Å². The van der Waals surface area contributed by atoms with Gasteiger partial charge in [-0.15, -0.1) is 0 Å². The summed E-state index contributed by atoms with van der Waals surface area (Å²) in [6, 6.07) is 0. The molecule has 0 rings (SSSR count). The lowest BCUT2D eigenvalue weighted by Gasteiger charge is -2.42. The second-order valence-corrected chi connectivity index (χ2v) is 29.3. The van der Waals surface area contributed by atoms with Crippen molar-refractivity contribution >= 4 is 28.6 Å². The molecule has 0 radical (unpaired) electrons. The van der Waals surface area contributed by atoms with Gasteiger partial charge in [0, 0.05) is 25.9 Å². The second kappa shape index (κ2) is 32.4. The summed E-state index contributed by atoms with van der Waals surface area (Å²) in [7, 11) is -4.08. The number of unbranched alkanes of at least 4 members (excludes halogenated alkanes) is 11. The van der Waals surface area contributed by atoms with E-state index in [0.29, 0.717) is 32.6 Å². The van der Waals surface area contributed by atoms with Gasteiger partial charge in [-0.3, -0.25) is 14.5 Å². The van der Waals surface area contributed by atoms with E-state index in [4.69, 9.17) is 24.1 Å². The molecule has 0 aliphatic rings. The molecular weight excluding hydrogens is 757 g/mol. The molecular formula is C48H96N2O6Si2. The van der Waals surface area contributed by atoms with Crippen LogP contribution < -0.4 is 5.73 Å². The number of ether oxygens (including phenoxy) is 2. The predicted molar refractivity (Wildman–Crippen MR) is 254 cm³/mol. The van der Waals surface area contributed by atoms with Crippen LogP contribution in [0.2, 0.25) is 36.3 Å². The van der Waals surface area contributed by atoms with Gasteiger partial charge in [-0.05, 0) is 107 Å². The SMILES string of the molecule is CCCCC/C=C\COC(=O)CCCCCC(CN(CCCN)CC(CCCCCC(=O)OC/C=C\CCCCCC)O[Si](C)(C)C(C)(C)C)O[Si](C)(C)C(C)(C)C. The highest BCUT2D eigenvalue weighted by atomic mass is 28.4. The molecule has 0 spiro atoms. The number of carbonyl (C=O) groups excluding carboxylic acids is 2. The van der Waals surface area contributed by atoms with E-state index in [2.05, 4.69) is 98.6 Å². The lowest BCUT2D eigenvalue weighted by atomic mass is 10.1. The van der Waals surface area contributed by atoms with Crippen molar-refractivity contribution in [2.45, 2.75) is 232 Å². The summed E-state index contributed by atoms with van der Waals surface area (Å²) in [6.45, 7) is 31.7. The molecule has 10 heteroatoms. The highest BCUT2D eigenvalue weighted by molar-refractivity contribution is 6.74. The van der Waals surface area contributed by atoms with E-state index in [-0.39, 0.29) is 34.2 Å². The third-order valence-corrected chi connectivity index (χ3v) is 21.2. The summed E-state index contributed by atoms with van der Waals surface area (Å²) in [4.78, 5) is 27.4. The molecule has 2 atom stereocenters. The fraction of sp³-hybridized carbons (Fsp3) is 0.875. The first-order valence-corrected chi connectivity index (χ1v) is 29.5. The van der Waals surface area contributed by atoms with Crippen molar-refractivity contribution in [3.63, 3.8) is 0 Å². The third-order valence-electron chi connectivity index (χ3n) is 12.2. The van der Waals surface area contributed by atoms with Crippen molar-refractivity contribution in [2.24, 2.45) is 5.73 Å². The molecule has 0 saturated carbocycles. The van der Waals surface area contributed by atoms with Gasteiger partial charge in [0.25, 0.3) is 0 Å². The molecule has 58 heavy (non-hydrogen) atoms. The Balaban J connectivity index is 5.51. The molecule has 0 aliphatic heterocycles. The summed E-state index contributed by atoms with van der Waals surface area (Å²) in [5.74, 6) is -0.213. The Morgan fingerprint density at radius 2 is 0.966 bits per heavy atom. The van der Waals surface area contributed by atoms with E-state index in [0.717, 1.165) is 90.3 Å². The maximum Gasteiger partial charge on any atom is 0.306 e. The number of hydrogen-bond acceptors (Lipinski definition) is 8. The minimum Gasteiger partial charge on any atom is -0.461 e. The van der Waals surface area contributed by atoms with E-state index < -0.39 is 16.6 Å². The molecule has 0 aromatic heterocycles. The molecule has 0 amide bonds. The normalized spacial score (nSPS) is 14.2. The van der Waals surface area contributed by atoms with Crippen LogP contribution >= 0.6 is 0 Å². The first-order valence-electron chi connectivity index (χ1n) is 23.7. The molecule has 0 aromatic carbocycles. The number of esters is 2. The maximum absolute atomic E-state index is 12.4. The Bertz CT molecular complexity index is 1100. The van der Waals surface area contributed by atoms with Gasteiger partial charge in [-0.25, -0.2) is 0 Å². The molecule has 342 valence electrons. The zero-order valence-corrected chi connectivity index (χ0v) is 42.3. The van der Waals surface area contributed by atoms with E-state index in [1.54, 1.807) is 0 Å². The van der Waals surface area contributed by atoms with Crippen LogP contribution in [-0.4, -0.2) is 85.1 Å². The van der Waals surface area contributed by atoms with Gasteiger partial charge in [-0.2, -0.15) is 0 Å². The van der Waals surface area contributed by atoms with Crippen LogP contribution in [-0.2, 0) is 27.9 Å². The van der Waals surface area contributed by atoms with Crippen LogP contribution in [0.1, 0.15) is 184 Å². The molecule has 2 unspecified atom stereocenters. The van der Waals surface area contributed by atoms with E-state index in [1.165, 1.54) is 44.9 Å². The average Bonchev–Trinajstić information content (AvgIpc) is 3.12. The molecule has 0 saturated heterocycles. The standard InChI is InChI=1S/C48H96N2O6Si2/c1-13-15-17-19-21-23-31-40-54-46(52)36-29-25-27-34-44(56-58(11,12)48(6,7)8)42-50(38-32-37-49)41-43(55-57(9,10)47(3,4)5)33-26-24-28-35-45(51)53-39-30-22-20-18-16-14-2/h22-23,30-31,43-44H,13-21,24-29,32-42,49H2,1-12H3/b30-22-,31-23-. The molecule has 8 nitrogen and oxygen atoms in total. The number of allylic oxidation sites excluding steroid dienone is 2. The average molecular weight is 853 g/mol. The van der Waals surface area contributed by atoms with Crippen LogP contribution in [0.3, 0.4) is 0 Å². The summed E-state index contributed by atoms with van der Waals surface area (Å²) < 4.78 is 25.2. The van der Waals surface area contributed by atoms with Gasteiger partial charge in [-0.1, -0.05) is 137 Å². The van der Waals surface area contributed by atoms with Crippen molar-refractivity contribution < 1.29 is 27.9 Å². The second-order valence-electron chi connectivity index (χ2n) is 19.8. The zero-order chi connectivity index (χ0) is 43.9. The summed E-state index contributed by atoms with van der Waals surface area (Å²) >= 11 is 0.